The summed E-state index contributed by atoms with van der Waals surface area (Å²) in [5.41, 5.74) is 6.18. The zero-order chi connectivity index (χ0) is 12.1. The molecule has 0 unspecified atom stereocenters. The standard InChI is InChI=1S/C11H16BrNO3/c1-15-9-6-8(12)10(14)7(4-3-5-13)11(9)16-2/h6,14H,3-5,13H2,1-2H3. The highest BCUT2D eigenvalue weighted by molar-refractivity contribution is 9.10. The van der Waals surface area contributed by atoms with E-state index in [1.54, 1.807) is 20.3 Å². The lowest BCUT2D eigenvalue weighted by atomic mass is 10.1. The van der Waals surface area contributed by atoms with Crippen molar-refractivity contribution in [2.75, 3.05) is 20.8 Å². The molecule has 0 aliphatic carbocycles. The molecule has 0 atom stereocenters. The Morgan fingerprint density at radius 1 is 1.38 bits per heavy atom. The van der Waals surface area contributed by atoms with Crippen LogP contribution in [-0.2, 0) is 6.42 Å². The topological polar surface area (TPSA) is 64.7 Å². The SMILES string of the molecule is COc1cc(Br)c(O)c(CCCN)c1OC. The number of nitrogens with two attached hydrogens (primary N) is 1. The van der Waals surface area contributed by atoms with Gasteiger partial charge < -0.3 is 20.3 Å². The Labute approximate surface area is 103 Å². The minimum Gasteiger partial charge on any atom is -0.506 e. The van der Waals surface area contributed by atoms with Gasteiger partial charge in [0.05, 0.1) is 18.7 Å². The molecule has 0 bridgehead atoms. The van der Waals surface area contributed by atoms with Crippen LogP contribution in [0.2, 0.25) is 0 Å². The number of benzene rings is 1. The van der Waals surface area contributed by atoms with Gasteiger partial charge in [0.1, 0.15) is 5.75 Å². The molecule has 0 aromatic heterocycles. The summed E-state index contributed by atoms with van der Waals surface area (Å²) in [7, 11) is 3.12. The van der Waals surface area contributed by atoms with Crippen LogP contribution in [-0.4, -0.2) is 25.9 Å². The van der Waals surface area contributed by atoms with Crippen LogP contribution in [0.1, 0.15) is 12.0 Å². The number of phenolic OH excluding ortho intramolecular Hbond substituents is 1. The number of aromatic hydroxyl groups is 1. The second-order valence-electron chi connectivity index (χ2n) is 3.31. The number of halogens is 1. The van der Waals surface area contributed by atoms with Gasteiger partial charge in [-0.1, -0.05) is 0 Å². The van der Waals surface area contributed by atoms with E-state index < -0.39 is 0 Å². The van der Waals surface area contributed by atoms with Crippen LogP contribution < -0.4 is 15.2 Å². The maximum absolute atomic E-state index is 9.93. The fourth-order valence-corrected chi connectivity index (χ4v) is 1.98. The largest absolute Gasteiger partial charge is 0.506 e. The highest BCUT2D eigenvalue weighted by Crippen LogP contribution is 2.42. The Morgan fingerprint density at radius 2 is 2.06 bits per heavy atom. The van der Waals surface area contributed by atoms with Gasteiger partial charge in [-0.3, -0.25) is 0 Å². The van der Waals surface area contributed by atoms with Crippen molar-refractivity contribution >= 4 is 15.9 Å². The number of hydrogen-bond acceptors (Lipinski definition) is 4. The van der Waals surface area contributed by atoms with Gasteiger partial charge in [-0.15, -0.1) is 0 Å². The van der Waals surface area contributed by atoms with E-state index in [1.807, 2.05) is 0 Å². The third-order valence-corrected chi connectivity index (χ3v) is 2.93. The summed E-state index contributed by atoms with van der Waals surface area (Å²) in [5.74, 6) is 1.35. The number of rotatable bonds is 5. The monoisotopic (exact) mass is 289 g/mol. The van der Waals surface area contributed by atoms with Crippen LogP contribution in [0.5, 0.6) is 17.2 Å². The number of methoxy groups -OCH3 is 2. The average Bonchev–Trinajstić information content (AvgIpc) is 2.30. The molecule has 0 heterocycles. The Kier molecular flexibility index (Phi) is 4.89. The molecule has 1 aromatic rings. The van der Waals surface area contributed by atoms with Crippen molar-refractivity contribution < 1.29 is 14.6 Å². The molecule has 0 fully saturated rings. The maximum Gasteiger partial charge on any atom is 0.167 e. The molecule has 4 nitrogen and oxygen atoms in total. The van der Waals surface area contributed by atoms with E-state index in [0.29, 0.717) is 28.9 Å². The predicted octanol–water partition coefficient (Wildman–Crippen LogP) is 2.06. The van der Waals surface area contributed by atoms with Crippen molar-refractivity contribution in [2.24, 2.45) is 5.73 Å². The first kappa shape index (κ1) is 13.1. The van der Waals surface area contributed by atoms with Crippen LogP contribution in [0.15, 0.2) is 10.5 Å². The third kappa shape index (κ3) is 2.59. The Morgan fingerprint density at radius 3 is 2.56 bits per heavy atom. The molecule has 1 rings (SSSR count). The van der Waals surface area contributed by atoms with E-state index in [1.165, 1.54) is 0 Å². The summed E-state index contributed by atoms with van der Waals surface area (Å²) in [6.07, 6.45) is 1.44. The van der Waals surface area contributed by atoms with Crippen molar-refractivity contribution in [1.82, 2.24) is 0 Å². The van der Waals surface area contributed by atoms with Crippen LogP contribution in [0.25, 0.3) is 0 Å². The Balaban J connectivity index is 3.23. The zero-order valence-corrected chi connectivity index (χ0v) is 11.0. The summed E-state index contributed by atoms with van der Waals surface area (Å²) in [6, 6.07) is 1.68. The first-order chi connectivity index (χ1) is 7.65. The fraction of sp³-hybridized carbons (Fsp3) is 0.455. The van der Waals surface area contributed by atoms with E-state index in [-0.39, 0.29) is 5.75 Å². The fourth-order valence-electron chi connectivity index (χ4n) is 1.54. The molecule has 0 saturated heterocycles. The molecule has 0 aliphatic rings. The average molecular weight is 290 g/mol. The van der Waals surface area contributed by atoms with Crippen LogP contribution >= 0.6 is 15.9 Å². The van der Waals surface area contributed by atoms with Gasteiger partial charge in [-0.25, -0.2) is 0 Å². The lowest BCUT2D eigenvalue weighted by molar-refractivity contribution is 0.346. The molecular formula is C11H16BrNO3. The van der Waals surface area contributed by atoms with Crippen LogP contribution in [0.3, 0.4) is 0 Å². The molecule has 0 amide bonds. The van der Waals surface area contributed by atoms with Gasteiger partial charge in [0.25, 0.3) is 0 Å². The molecule has 16 heavy (non-hydrogen) atoms. The van der Waals surface area contributed by atoms with Crippen molar-refractivity contribution in [1.29, 1.82) is 0 Å². The van der Waals surface area contributed by atoms with Gasteiger partial charge in [0.15, 0.2) is 11.5 Å². The van der Waals surface area contributed by atoms with Crippen molar-refractivity contribution in [3.63, 3.8) is 0 Å². The first-order valence-electron chi connectivity index (χ1n) is 4.98. The molecule has 5 heteroatoms. The van der Waals surface area contributed by atoms with E-state index >= 15 is 0 Å². The lowest BCUT2D eigenvalue weighted by Gasteiger charge is -2.15. The highest BCUT2D eigenvalue weighted by Gasteiger charge is 2.17. The number of hydrogen-bond donors (Lipinski definition) is 2. The number of phenols is 1. The van der Waals surface area contributed by atoms with Crippen LogP contribution in [0, 0.1) is 0 Å². The second-order valence-corrected chi connectivity index (χ2v) is 4.17. The van der Waals surface area contributed by atoms with E-state index in [4.69, 9.17) is 15.2 Å². The van der Waals surface area contributed by atoms with Gasteiger partial charge >= 0.3 is 0 Å². The molecule has 90 valence electrons. The van der Waals surface area contributed by atoms with Crippen molar-refractivity contribution in [3.8, 4) is 17.2 Å². The maximum atomic E-state index is 9.93. The lowest BCUT2D eigenvalue weighted by Crippen LogP contribution is -2.03. The molecule has 1 aromatic carbocycles. The Bertz CT molecular complexity index is 369. The predicted molar refractivity (Wildman–Crippen MR) is 66.3 cm³/mol. The summed E-state index contributed by atoms with van der Waals surface area (Å²) in [4.78, 5) is 0. The summed E-state index contributed by atoms with van der Waals surface area (Å²) in [5, 5.41) is 9.93. The van der Waals surface area contributed by atoms with Gasteiger partial charge in [-0.05, 0) is 35.3 Å². The molecule has 0 saturated carbocycles. The zero-order valence-electron chi connectivity index (χ0n) is 9.42. The van der Waals surface area contributed by atoms with E-state index in [2.05, 4.69) is 15.9 Å². The van der Waals surface area contributed by atoms with Crippen LogP contribution in [0.4, 0.5) is 0 Å². The quantitative estimate of drug-likeness (QED) is 0.871. The van der Waals surface area contributed by atoms with Gasteiger partial charge in [-0.2, -0.15) is 0 Å². The van der Waals surface area contributed by atoms with Gasteiger partial charge in [0.2, 0.25) is 0 Å². The molecule has 0 aliphatic heterocycles. The minimum absolute atomic E-state index is 0.186. The van der Waals surface area contributed by atoms with Crippen molar-refractivity contribution in [2.45, 2.75) is 12.8 Å². The molecular weight excluding hydrogens is 274 g/mol. The summed E-state index contributed by atoms with van der Waals surface area (Å²) in [6.45, 7) is 0.567. The number of ether oxygens (including phenoxy) is 2. The summed E-state index contributed by atoms with van der Waals surface area (Å²) < 4.78 is 11.0. The molecule has 3 N–H and O–H groups in total. The molecule has 0 radical (unpaired) electrons. The van der Waals surface area contributed by atoms with E-state index in [0.717, 1.165) is 12.0 Å². The summed E-state index contributed by atoms with van der Waals surface area (Å²) >= 11 is 3.28. The third-order valence-electron chi connectivity index (χ3n) is 2.32. The molecule has 0 spiro atoms. The minimum atomic E-state index is 0.186. The first-order valence-corrected chi connectivity index (χ1v) is 5.77. The van der Waals surface area contributed by atoms with Crippen molar-refractivity contribution in [3.05, 3.63) is 16.1 Å². The highest BCUT2D eigenvalue weighted by atomic mass is 79.9. The van der Waals surface area contributed by atoms with E-state index in [9.17, 15) is 5.11 Å². The Hall–Kier alpha value is -0.940. The second kappa shape index (κ2) is 5.96. The van der Waals surface area contributed by atoms with Gasteiger partial charge in [0, 0.05) is 11.6 Å². The smallest absolute Gasteiger partial charge is 0.167 e. The normalized spacial score (nSPS) is 10.2.